The summed E-state index contributed by atoms with van der Waals surface area (Å²) in [5, 5.41) is 2.26. The van der Waals surface area contributed by atoms with Gasteiger partial charge in [0.1, 0.15) is 12.4 Å². The van der Waals surface area contributed by atoms with Crippen LogP contribution in [-0.2, 0) is 16.1 Å². The molecule has 0 saturated carbocycles. The molecule has 3 amide bonds. The quantitative estimate of drug-likeness (QED) is 0.636. The molecule has 0 spiro atoms. The molecule has 1 unspecified atom stereocenters. The molecule has 0 aliphatic carbocycles. The van der Waals surface area contributed by atoms with Crippen LogP contribution in [0.5, 0.6) is 0 Å². The van der Waals surface area contributed by atoms with E-state index in [4.69, 9.17) is 0 Å². The van der Waals surface area contributed by atoms with Gasteiger partial charge in [0.15, 0.2) is 5.78 Å². The molecule has 1 aromatic heterocycles. The van der Waals surface area contributed by atoms with Crippen molar-refractivity contribution in [3.8, 4) is 0 Å². The molecule has 130 valence electrons. The first-order valence-corrected chi connectivity index (χ1v) is 8.12. The van der Waals surface area contributed by atoms with Crippen LogP contribution >= 0.6 is 0 Å². The summed E-state index contributed by atoms with van der Waals surface area (Å²) in [5.74, 6) is -1.29. The molecule has 2 aliphatic rings. The van der Waals surface area contributed by atoms with Gasteiger partial charge in [0.2, 0.25) is 11.8 Å². The second-order valence-electron chi connectivity index (χ2n) is 6.23. The number of aromatic nitrogens is 2. The van der Waals surface area contributed by atoms with E-state index in [-0.39, 0.29) is 30.6 Å². The number of imide groups is 1. The number of amides is 3. The Hall–Kier alpha value is -3.42. The molecule has 1 aromatic carbocycles. The van der Waals surface area contributed by atoms with Crippen LogP contribution in [0.15, 0.2) is 36.9 Å². The Labute approximate surface area is 148 Å². The standard InChI is InChI=1S/C18H14N4O4/c23-15-4-3-14(17(25)21-15)22-8-11-5-10(1-2-13(11)18(22)26)16(24)12-6-19-9-20-7-12/h1-2,5-7,9,14H,3-4,8H2,(H,21,23,25). The van der Waals surface area contributed by atoms with E-state index in [1.54, 1.807) is 18.2 Å². The highest BCUT2D eigenvalue weighted by molar-refractivity contribution is 6.10. The summed E-state index contributed by atoms with van der Waals surface area (Å²) >= 11 is 0. The van der Waals surface area contributed by atoms with Crippen molar-refractivity contribution in [2.45, 2.75) is 25.4 Å². The molecule has 0 bridgehead atoms. The second-order valence-corrected chi connectivity index (χ2v) is 6.23. The summed E-state index contributed by atoms with van der Waals surface area (Å²) in [4.78, 5) is 57.6. The number of ketones is 1. The number of nitrogens with zero attached hydrogens (tertiary/aromatic N) is 3. The molecular weight excluding hydrogens is 336 g/mol. The van der Waals surface area contributed by atoms with Crippen molar-refractivity contribution in [2.24, 2.45) is 0 Å². The first kappa shape index (κ1) is 16.1. The Kier molecular flexibility index (Phi) is 3.80. The normalized spacial score (nSPS) is 19.3. The SMILES string of the molecule is O=C1CCC(N2Cc3cc(C(=O)c4cncnc4)ccc3C2=O)C(=O)N1. The highest BCUT2D eigenvalue weighted by Crippen LogP contribution is 2.28. The maximum absolute atomic E-state index is 12.6. The van der Waals surface area contributed by atoms with E-state index in [9.17, 15) is 19.2 Å². The average molecular weight is 350 g/mol. The van der Waals surface area contributed by atoms with Crippen molar-refractivity contribution in [1.29, 1.82) is 0 Å². The topological polar surface area (TPSA) is 109 Å². The summed E-state index contributed by atoms with van der Waals surface area (Å²) < 4.78 is 0. The number of carbonyl (C=O) groups is 4. The number of hydrogen-bond acceptors (Lipinski definition) is 6. The molecule has 3 heterocycles. The van der Waals surface area contributed by atoms with Crippen LogP contribution in [0.2, 0.25) is 0 Å². The number of rotatable bonds is 3. The van der Waals surface area contributed by atoms with Gasteiger partial charge in [0.25, 0.3) is 5.91 Å². The minimum absolute atomic E-state index is 0.203. The van der Waals surface area contributed by atoms with Crippen LogP contribution in [0.25, 0.3) is 0 Å². The van der Waals surface area contributed by atoms with Crippen LogP contribution in [-0.4, -0.2) is 44.4 Å². The van der Waals surface area contributed by atoms with Gasteiger partial charge in [-0.25, -0.2) is 9.97 Å². The van der Waals surface area contributed by atoms with Crippen molar-refractivity contribution < 1.29 is 19.2 Å². The average Bonchev–Trinajstić information content (AvgIpc) is 2.98. The lowest BCUT2D eigenvalue weighted by molar-refractivity contribution is -0.136. The lowest BCUT2D eigenvalue weighted by Gasteiger charge is -2.29. The molecule has 4 rings (SSSR count). The molecule has 8 heteroatoms. The zero-order valence-corrected chi connectivity index (χ0v) is 13.6. The Morgan fingerprint density at radius 2 is 1.88 bits per heavy atom. The van der Waals surface area contributed by atoms with E-state index >= 15 is 0 Å². The molecule has 0 radical (unpaired) electrons. The van der Waals surface area contributed by atoms with Crippen molar-refractivity contribution >= 4 is 23.5 Å². The lowest BCUT2D eigenvalue weighted by Crippen LogP contribution is -2.52. The first-order valence-electron chi connectivity index (χ1n) is 8.12. The third-order valence-corrected chi connectivity index (χ3v) is 4.61. The van der Waals surface area contributed by atoms with E-state index in [1.807, 2.05) is 0 Å². The molecule has 2 aliphatic heterocycles. The van der Waals surface area contributed by atoms with Crippen LogP contribution in [0.3, 0.4) is 0 Å². The molecule has 1 fully saturated rings. The number of nitrogens with one attached hydrogen (secondary N) is 1. The largest absolute Gasteiger partial charge is 0.322 e. The monoisotopic (exact) mass is 350 g/mol. The molecule has 8 nitrogen and oxygen atoms in total. The fraction of sp³-hybridized carbons (Fsp3) is 0.222. The van der Waals surface area contributed by atoms with Crippen molar-refractivity contribution in [3.63, 3.8) is 0 Å². The molecule has 1 N–H and O–H groups in total. The summed E-state index contributed by atoms with van der Waals surface area (Å²) in [6.07, 6.45) is 4.72. The fourth-order valence-corrected chi connectivity index (χ4v) is 3.30. The van der Waals surface area contributed by atoms with Gasteiger partial charge >= 0.3 is 0 Å². The molecule has 1 atom stereocenters. The predicted octanol–water partition coefficient (Wildman–Crippen LogP) is 0.469. The maximum Gasteiger partial charge on any atom is 0.255 e. The zero-order valence-electron chi connectivity index (χ0n) is 13.6. The molecule has 26 heavy (non-hydrogen) atoms. The van der Waals surface area contributed by atoms with Gasteiger partial charge in [-0.15, -0.1) is 0 Å². The second kappa shape index (κ2) is 6.14. The third-order valence-electron chi connectivity index (χ3n) is 4.61. The lowest BCUT2D eigenvalue weighted by atomic mass is 10.0. The number of benzene rings is 1. The van der Waals surface area contributed by atoms with E-state index in [2.05, 4.69) is 15.3 Å². The van der Waals surface area contributed by atoms with Crippen molar-refractivity contribution in [3.05, 3.63) is 59.2 Å². The Bertz CT molecular complexity index is 941. The molecule has 2 aromatic rings. The van der Waals surface area contributed by atoms with E-state index in [0.717, 1.165) is 0 Å². The van der Waals surface area contributed by atoms with E-state index in [1.165, 1.54) is 23.6 Å². The van der Waals surface area contributed by atoms with Crippen LogP contribution in [0.1, 0.15) is 44.7 Å². The summed E-state index contributed by atoms with van der Waals surface area (Å²) in [7, 11) is 0. The van der Waals surface area contributed by atoms with Crippen LogP contribution in [0, 0.1) is 0 Å². The van der Waals surface area contributed by atoms with E-state index < -0.39 is 11.9 Å². The van der Waals surface area contributed by atoms with Gasteiger partial charge in [0.05, 0.1) is 5.56 Å². The maximum atomic E-state index is 12.6. The summed E-state index contributed by atoms with van der Waals surface area (Å²) in [6.45, 7) is 0.229. The number of piperidine rings is 1. The Balaban J connectivity index is 1.60. The number of hydrogen-bond donors (Lipinski definition) is 1. The number of fused-ring (bicyclic) bond motifs is 1. The Morgan fingerprint density at radius 3 is 2.62 bits per heavy atom. The van der Waals surface area contributed by atoms with Gasteiger partial charge in [-0.2, -0.15) is 0 Å². The highest BCUT2D eigenvalue weighted by Gasteiger charge is 2.39. The predicted molar refractivity (Wildman–Crippen MR) is 88.0 cm³/mol. The minimum Gasteiger partial charge on any atom is -0.322 e. The zero-order chi connectivity index (χ0) is 18.3. The van der Waals surface area contributed by atoms with Crippen LogP contribution in [0.4, 0.5) is 0 Å². The number of carbonyl (C=O) groups excluding carboxylic acids is 4. The van der Waals surface area contributed by atoms with Gasteiger partial charge in [-0.05, 0) is 24.1 Å². The van der Waals surface area contributed by atoms with Gasteiger partial charge in [-0.1, -0.05) is 6.07 Å². The Morgan fingerprint density at radius 1 is 1.12 bits per heavy atom. The summed E-state index contributed by atoms with van der Waals surface area (Å²) in [5.41, 5.74) is 1.94. The van der Waals surface area contributed by atoms with Gasteiger partial charge in [-0.3, -0.25) is 24.5 Å². The summed E-state index contributed by atoms with van der Waals surface area (Å²) in [6, 6.07) is 4.17. The van der Waals surface area contributed by atoms with E-state index in [0.29, 0.717) is 28.7 Å². The third kappa shape index (κ3) is 2.65. The minimum atomic E-state index is -0.672. The molecular formula is C18H14N4O4. The van der Waals surface area contributed by atoms with Crippen molar-refractivity contribution in [1.82, 2.24) is 20.2 Å². The van der Waals surface area contributed by atoms with Gasteiger partial charge < -0.3 is 4.90 Å². The highest BCUT2D eigenvalue weighted by atomic mass is 16.2. The first-order chi connectivity index (χ1) is 12.5. The fourth-order valence-electron chi connectivity index (χ4n) is 3.30. The molecule has 1 saturated heterocycles. The smallest absolute Gasteiger partial charge is 0.255 e. The van der Waals surface area contributed by atoms with Crippen LogP contribution < -0.4 is 5.32 Å². The van der Waals surface area contributed by atoms with Gasteiger partial charge in [0, 0.05) is 36.5 Å². The van der Waals surface area contributed by atoms with Crippen molar-refractivity contribution in [2.75, 3.05) is 0 Å².